The molecule has 0 heterocycles. The predicted molar refractivity (Wildman–Crippen MR) is 76.4 cm³/mol. The van der Waals surface area contributed by atoms with E-state index in [2.05, 4.69) is 5.32 Å². The van der Waals surface area contributed by atoms with Crippen LogP contribution in [0.15, 0.2) is 42.5 Å². The molecule has 0 spiro atoms. The van der Waals surface area contributed by atoms with Crippen LogP contribution in [0.3, 0.4) is 0 Å². The second-order valence-electron chi connectivity index (χ2n) is 4.26. The molecule has 4 heteroatoms. The first-order chi connectivity index (χ1) is 9.10. The van der Waals surface area contributed by atoms with E-state index in [1.54, 1.807) is 13.2 Å². The maximum atomic E-state index is 13.0. The van der Waals surface area contributed by atoms with Crippen molar-refractivity contribution in [3.8, 4) is 5.75 Å². The van der Waals surface area contributed by atoms with E-state index in [4.69, 9.17) is 16.3 Å². The molecule has 0 aliphatic rings. The van der Waals surface area contributed by atoms with E-state index in [1.165, 1.54) is 12.1 Å². The van der Waals surface area contributed by atoms with Crippen LogP contribution in [0.25, 0.3) is 0 Å². The average molecular weight is 280 g/mol. The van der Waals surface area contributed by atoms with E-state index in [0.29, 0.717) is 5.02 Å². The Hall–Kier alpha value is -1.74. The summed E-state index contributed by atoms with van der Waals surface area (Å²) in [5, 5.41) is 3.73. The molecule has 0 aliphatic heterocycles. The van der Waals surface area contributed by atoms with E-state index in [9.17, 15) is 4.39 Å². The van der Waals surface area contributed by atoms with Gasteiger partial charge in [0.05, 0.1) is 7.11 Å². The normalized spacial score (nSPS) is 12.0. The fraction of sp³-hybridized carbons (Fsp3) is 0.200. The molecule has 2 aromatic carbocycles. The lowest BCUT2D eigenvalue weighted by Gasteiger charge is -2.17. The number of hydrogen-bond acceptors (Lipinski definition) is 2. The third kappa shape index (κ3) is 3.38. The van der Waals surface area contributed by atoms with Gasteiger partial charge in [0.1, 0.15) is 11.6 Å². The van der Waals surface area contributed by atoms with Crippen LogP contribution in [0.2, 0.25) is 5.02 Å². The third-order valence-electron chi connectivity index (χ3n) is 2.90. The molecule has 0 radical (unpaired) electrons. The smallest absolute Gasteiger partial charge is 0.124 e. The molecule has 0 aromatic heterocycles. The van der Waals surface area contributed by atoms with E-state index in [-0.39, 0.29) is 11.9 Å². The molecule has 1 atom stereocenters. The predicted octanol–water partition coefficient (Wildman–Crippen LogP) is 4.66. The Balaban J connectivity index is 2.13. The van der Waals surface area contributed by atoms with Gasteiger partial charge in [0.25, 0.3) is 0 Å². The largest absolute Gasteiger partial charge is 0.497 e. The van der Waals surface area contributed by atoms with E-state index >= 15 is 0 Å². The van der Waals surface area contributed by atoms with Gasteiger partial charge in [-0.15, -0.1) is 0 Å². The van der Waals surface area contributed by atoms with Gasteiger partial charge >= 0.3 is 0 Å². The summed E-state index contributed by atoms with van der Waals surface area (Å²) < 4.78 is 18.1. The quantitative estimate of drug-likeness (QED) is 0.879. The number of rotatable bonds is 4. The van der Waals surface area contributed by atoms with Gasteiger partial charge < -0.3 is 10.1 Å². The number of ether oxygens (including phenoxy) is 1. The lowest BCUT2D eigenvalue weighted by molar-refractivity contribution is 0.415. The Kier molecular flexibility index (Phi) is 4.27. The zero-order valence-electron chi connectivity index (χ0n) is 10.8. The molecule has 2 nitrogen and oxygen atoms in total. The van der Waals surface area contributed by atoms with Crippen molar-refractivity contribution in [1.29, 1.82) is 0 Å². The molecule has 0 saturated carbocycles. The highest BCUT2D eigenvalue weighted by Crippen LogP contribution is 2.27. The standard InChI is InChI=1S/C15H15ClFNO/c1-10(14-8-3-11(17)9-15(14)16)18-12-4-6-13(19-2)7-5-12/h3-10,18H,1-2H3. The highest BCUT2D eigenvalue weighted by Gasteiger charge is 2.10. The van der Waals surface area contributed by atoms with Crippen LogP contribution >= 0.6 is 11.6 Å². The molecule has 0 fully saturated rings. The van der Waals surface area contributed by atoms with Gasteiger partial charge in [0, 0.05) is 16.8 Å². The molecular formula is C15H15ClFNO. The number of benzene rings is 2. The first-order valence-corrected chi connectivity index (χ1v) is 6.33. The van der Waals surface area contributed by atoms with E-state index in [0.717, 1.165) is 17.0 Å². The van der Waals surface area contributed by atoms with Gasteiger partial charge in [-0.05, 0) is 48.9 Å². The van der Waals surface area contributed by atoms with Gasteiger partial charge in [-0.25, -0.2) is 4.39 Å². The molecule has 0 aliphatic carbocycles. The monoisotopic (exact) mass is 279 g/mol. The molecular weight excluding hydrogens is 265 g/mol. The van der Waals surface area contributed by atoms with Crippen molar-refractivity contribution in [2.45, 2.75) is 13.0 Å². The van der Waals surface area contributed by atoms with Crippen LogP contribution in [0.5, 0.6) is 5.75 Å². The fourth-order valence-corrected chi connectivity index (χ4v) is 2.20. The summed E-state index contributed by atoms with van der Waals surface area (Å²) in [6, 6.07) is 12.0. The molecule has 1 unspecified atom stereocenters. The summed E-state index contributed by atoms with van der Waals surface area (Å²) in [5.41, 5.74) is 1.81. The minimum absolute atomic E-state index is 0.0125. The molecule has 2 aromatic rings. The van der Waals surface area contributed by atoms with Crippen LogP contribution in [0.1, 0.15) is 18.5 Å². The van der Waals surface area contributed by atoms with Gasteiger partial charge in [-0.3, -0.25) is 0 Å². The van der Waals surface area contributed by atoms with Gasteiger partial charge in [0.2, 0.25) is 0 Å². The number of hydrogen-bond donors (Lipinski definition) is 1. The molecule has 0 amide bonds. The maximum absolute atomic E-state index is 13.0. The summed E-state index contributed by atoms with van der Waals surface area (Å²) in [4.78, 5) is 0. The van der Waals surface area contributed by atoms with Crippen LogP contribution in [0, 0.1) is 5.82 Å². The van der Waals surface area contributed by atoms with Crippen LogP contribution < -0.4 is 10.1 Å². The van der Waals surface area contributed by atoms with E-state index in [1.807, 2.05) is 31.2 Å². The number of methoxy groups -OCH3 is 1. The summed E-state index contributed by atoms with van der Waals surface area (Å²) >= 11 is 6.04. The third-order valence-corrected chi connectivity index (χ3v) is 3.23. The van der Waals surface area contributed by atoms with Gasteiger partial charge in [0.15, 0.2) is 0 Å². The lowest BCUT2D eigenvalue weighted by atomic mass is 10.1. The van der Waals surface area contributed by atoms with Crippen molar-refractivity contribution < 1.29 is 9.13 Å². The first-order valence-electron chi connectivity index (χ1n) is 5.95. The Morgan fingerprint density at radius 2 is 1.84 bits per heavy atom. The molecule has 1 N–H and O–H groups in total. The Morgan fingerprint density at radius 3 is 2.42 bits per heavy atom. The second kappa shape index (κ2) is 5.93. The van der Waals surface area contributed by atoms with Crippen LogP contribution in [-0.4, -0.2) is 7.11 Å². The summed E-state index contributed by atoms with van der Waals surface area (Å²) in [5.74, 6) is 0.475. The van der Waals surface area contributed by atoms with Crippen molar-refractivity contribution in [3.05, 3.63) is 58.9 Å². The highest BCUT2D eigenvalue weighted by molar-refractivity contribution is 6.31. The van der Waals surface area contributed by atoms with Gasteiger partial charge in [-0.2, -0.15) is 0 Å². The lowest BCUT2D eigenvalue weighted by Crippen LogP contribution is -2.07. The van der Waals surface area contributed by atoms with Crippen molar-refractivity contribution in [2.75, 3.05) is 12.4 Å². The second-order valence-corrected chi connectivity index (χ2v) is 4.67. The van der Waals surface area contributed by atoms with Crippen molar-refractivity contribution in [2.24, 2.45) is 0 Å². The van der Waals surface area contributed by atoms with Crippen molar-refractivity contribution in [1.82, 2.24) is 0 Å². The average Bonchev–Trinajstić information content (AvgIpc) is 2.39. The fourth-order valence-electron chi connectivity index (χ4n) is 1.87. The van der Waals surface area contributed by atoms with Crippen LogP contribution in [0.4, 0.5) is 10.1 Å². The zero-order valence-corrected chi connectivity index (χ0v) is 11.5. The van der Waals surface area contributed by atoms with E-state index < -0.39 is 0 Å². The SMILES string of the molecule is COc1ccc(NC(C)c2ccc(F)cc2Cl)cc1. The molecule has 19 heavy (non-hydrogen) atoms. The molecule has 0 bridgehead atoms. The number of anilines is 1. The first kappa shape index (κ1) is 13.7. The number of nitrogens with one attached hydrogen (secondary N) is 1. The van der Waals surface area contributed by atoms with Crippen LogP contribution in [-0.2, 0) is 0 Å². The number of halogens is 2. The summed E-state index contributed by atoms with van der Waals surface area (Å²) in [6.45, 7) is 1.98. The topological polar surface area (TPSA) is 21.3 Å². The summed E-state index contributed by atoms with van der Waals surface area (Å²) in [7, 11) is 1.63. The van der Waals surface area contributed by atoms with Crippen molar-refractivity contribution in [3.63, 3.8) is 0 Å². The Bertz CT molecular complexity index is 557. The summed E-state index contributed by atoms with van der Waals surface area (Å²) in [6.07, 6.45) is 0. The molecule has 100 valence electrons. The Labute approximate surface area is 117 Å². The minimum Gasteiger partial charge on any atom is -0.497 e. The maximum Gasteiger partial charge on any atom is 0.124 e. The highest BCUT2D eigenvalue weighted by atomic mass is 35.5. The minimum atomic E-state index is -0.328. The zero-order chi connectivity index (χ0) is 13.8. The Morgan fingerprint density at radius 1 is 1.16 bits per heavy atom. The molecule has 2 rings (SSSR count). The van der Waals surface area contributed by atoms with Crippen molar-refractivity contribution >= 4 is 17.3 Å². The molecule has 0 saturated heterocycles. The van der Waals surface area contributed by atoms with Gasteiger partial charge in [-0.1, -0.05) is 17.7 Å².